The third kappa shape index (κ3) is 6.88. The Balaban J connectivity index is 1.91. The average Bonchev–Trinajstić information content (AvgIpc) is 2.56. The number of nitrogens with one attached hydrogen (secondary N) is 1. The Morgan fingerprint density at radius 2 is 1.67 bits per heavy atom. The molecule has 7 heteroatoms. The fourth-order valence-electron chi connectivity index (χ4n) is 2.86. The molecule has 27 heavy (non-hydrogen) atoms. The number of carbonyl (C=O) groups is 1. The Labute approximate surface area is 166 Å². The molecule has 0 bridgehead atoms. The quantitative estimate of drug-likeness (QED) is 0.722. The zero-order valence-corrected chi connectivity index (χ0v) is 17.4. The maximum Gasteiger partial charge on any atom is 0.232 e. The Kier molecular flexibility index (Phi) is 7.27. The van der Waals surface area contributed by atoms with Gasteiger partial charge in [-0.2, -0.15) is 0 Å². The van der Waals surface area contributed by atoms with Gasteiger partial charge in [-0.25, -0.2) is 8.42 Å². The molecule has 0 heterocycles. The second-order valence-corrected chi connectivity index (χ2v) is 9.03. The molecule has 0 fully saturated rings. The SMILES string of the molecule is Cc1cc(C)cc(N(CCCC(=O)NCc2ccc(Cl)cc2)S(C)(=O)=O)c1. The maximum atomic E-state index is 12.2. The summed E-state index contributed by atoms with van der Waals surface area (Å²) in [6.45, 7) is 4.54. The van der Waals surface area contributed by atoms with Crippen LogP contribution in [0.15, 0.2) is 42.5 Å². The molecule has 1 N–H and O–H groups in total. The largest absolute Gasteiger partial charge is 0.352 e. The van der Waals surface area contributed by atoms with Gasteiger partial charge in [0.1, 0.15) is 0 Å². The van der Waals surface area contributed by atoms with Gasteiger partial charge in [0.05, 0.1) is 11.9 Å². The van der Waals surface area contributed by atoms with E-state index in [0.717, 1.165) is 16.7 Å². The molecule has 146 valence electrons. The molecule has 2 aromatic rings. The third-order valence-electron chi connectivity index (χ3n) is 4.06. The number of carbonyl (C=O) groups excluding carboxylic acids is 1. The van der Waals surface area contributed by atoms with Gasteiger partial charge in [-0.1, -0.05) is 29.8 Å². The highest BCUT2D eigenvalue weighted by Gasteiger charge is 2.18. The van der Waals surface area contributed by atoms with Gasteiger partial charge in [0.2, 0.25) is 15.9 Å². The molecule has 0 saturated carbocycles. The summed E-state index contributed by atoms with van der Waals surface area (Å²) in [7, 11) is -3.42. The molecule has 0 aliphatic heterocycles. The van der Waals surface area contributed by atoms with Gasteiger partial charge in [-0.15, -0.1) is 0 Å². The number of rotatable bonds is 8. The zero-order chi connectivity index (χ0) is 20.0. The van der Waals surface area contributed by atoms with Gasteiger partial charge < -0.3 is 5.32 Å². The van der Waals surface area contributed by atoms with E-state index in [1.54, 1.807) is 12.1 Å². The van der Waals surface area contributed by atoms with Gasteiger partial charge >= 0.3 is 0 Å². The van der Waals surface area contributed by atoms with E-state index in [0.29, 0.717) is 23.7 Å². The number of nitrogens with zero attached hydrogens (tertiary/aromatic N) is 1. The van der Waals surface area contributed by atoms with E-state index < -0.39 is 10.0 Å². The van der Waals surface area contributed by atoms with E-state index in [-0.39, 0.29) is 18.9 Å². The first-order valence-electron chi connectivity index (χ1n) is 8.72. The van der Waals surface area contributed by atoms with Crippen molar-refractivity contribution in [1.29, 1.82) is 0 Å². The second kappa shape index (κ2) is 9.24. The molecule has 1 amide bonds. The van der Waals surface area contributed by atoms with Crippen LogP contribution in [0.5, 0.6) is 0 Å². The molecule has 0 spiro atoms. The fourth-order valence-corrected chi connectivity index (χ4v) is 3.93. The van der Waals surface area contributed by atoms with Crippen LogP contribution in [0.4, 0.5) is 5.69 Å². The predicted octanol–water partition coefficient (Wildman–Crippen LogP) is 3.82. The summed E-state index contributed by atoms with van der Waals surface area (Å²) in [4.78, 5) is 12.1. The Morgan fingerprint density at radius 3 is 2.22 bits per heavy atom. The van der Waals surface area contributed by atoms with Crippen LogP contribution >= 0.6 is 11.6 Å². The van der Waals surface area contributed by atoms with E-state index in [9.17, 15) is 13.2 Å². The first kappa shape index (κ1) is 21.3. The maximum absolute atomic E-state index is 12.2. The van der Waals surface area contributed by atoms with Crippen LogP contribution < -0.4 is 9.62 Å². The summed E-state index contributed by atoms with van der Waals surface area (Å²) in [5.74, 6) is -0.112. The van der Waals surface area contributed by atoms with Gasteiger partial charge in [0, 0.05) is 24.5 Å². The minimum absolute atomic E-state index is 0.112. The van der Waals surface area contributed by atoms with Crippen molar-refractivity contribution < 1.29 is 13.2 Å². The van der Waals surface area contributed by atoms with Crippen molar-refractivity contribution in [3.8, 4) is 0 Å². The molecule has 0 atom stereocenters. The zero-order valence-electron chi connectivity index (χ0n) is 15.8. The van der Waals surface area contributed by atoms with Crippen molar-refractivity contribution in [3.05, 3.63) is 64.2 Å². The van der Waals surface area contributed by atoms with E-state index in [2.05, 4.69) is 5.32 Å². The number of aryl methyl sites for hydroxylation is 2. The molecule has 0 unspecified atom stereocenters. The Bertz CT molecular complexity index is 876. The fraction of sp³-hybridized carbons (Fsp3) is 0.350. The van der Waals surface area contributed by atoms with Crippen molar-refractivity contribution in [3.63, 3.8) is 0 Å². The molecular formula is C20H25ClN2O3S. The van der Waals surface area contributed by atoms with Crippen LogP contribution in [0.2, 0.25) is 5.02 Å². The first-order chi connectivity index (χ1) is 12.6. The second-order valence-electron chi connectivity index (χ2n) is 6.69. The third-order valence-corrected chi connectivity index (χ3v) is 5.51. The number of hydrogen-bond acceptors (Lipinski definition) is 3. The number of halogens is 1. The summed E-state index contributed by atoms with van der Waals surface area (Å²) in [6.07, 6.45) is 1.88. The molecule has 0 radical (unpaired) electrons. The van der Waals surface area contributed by atoms with Gasteiger partial charge in [-0.3, -0.25) is 9.10 Å². The van der Waals surface area contributed by atoms with Crippen LogP contribution in [-0.4, -0.2) is 27.1 Å². The number of hydrogen-bond donors (Lipinski definition) is 1. The van der Waals surface area contributed by atoms with Crippen LogP contribution in [0.1, 0.15) is 29.5 Å². The highest BCUT2D eigenvalue weighted by molar-refractivity contribution is 7.92. The number of anilines is 1. The normalized spacial score (nSPS) is 11.3. The minimum atomic E-state index is -3.42. The van der Waals surface area contributed by atoms with E-state index in [1.807, 2.05) is 44.2 Å². The molecule has 0 aliphatic rings. The Morgan fingerprint density at radius 1 is 1.07 bits per heavy atom. The average molecular weight is 409 g/mol. The topological polar surface area (TPSA) is 66.5 Å². The summed E-state index contributed by atoms with van der Waals surface area (Å²) in [5, 5.41) is 3.49. The summed E-state index contributed by atoms with van der Waals surface area (Å²) in [5.41, 5.74) is 3.59. The first-order valence-corrected chi connectivity index (χ1v) is 10.9. The van der Waals surface area contributed by atoms with Crippen LogP contribution in [0, 0.1) is 13.8 Å². The lowest BCUT2D eigenvalue weighted by atomic mass is 10.1. The lowest BCUT2D eigenvalue weighted by Crippen LogP contribution is -2.32. The summed E-state index contributed by atoms with van der Waals surface area (Å²) in [6, 6.07) is 12.9. The van der Waals surface area contributed by atoms with Crippen molar-refractivity contribution in [2.75, 3.05) is 17.1 Å². The molecular weight excluding hydrogens is 384 g/mol. The molecule has 0 saturated heterocycles. The Hall–Kier alpha value is -2.05. The number of amides is 1. The monoisotopic (exact) mass is 408 g/mol. The van der Waals surface area contributed by atoms with Gasteiger partial charge in [0.15, 0.2) is 0 Å². The number of benzene rings is 2. The van der Waals surface area contributed by atoms with Crippen molar-refractivity contribution >= 4 is 33.2 Å². The van der Waals surface area contributed by atoms with E-state index >= 15 is 0 Å². The molecule has 2 rings (SSSR count). The molecule has 2 aromatic carbocycles. The summed E-state index contributed by atoms with van der Waals surface area (Å²) >= 11 is 5.84. The lowest BCUT2D eigenvalue weighted by Gasteiger charge is -2.23. The standard InChI is InChI=1S/C20H25ClN2O3S/c1-15-11-16(2)13-19(12-15)23(27(3,25)26)10-4-5-20(24)22-14-17-6-8-18(21)9-7-17/h6-9,11-13H,4-5,10,14H2,1-3H3,(H,22,24). The summed E-state index contributed by atoms with van der Waals surface area (Å²) < 4.78 is 25.7. The highest BCUT2D eigenvalue weighted by atomic mass is 35.5. The van der Waals surface area contributed by atoms with Crippen molar-refractivity contribution in [2.45, 2.75) is 33.2 Å². The highest BCUT2D eigenvalue weighted by Crippen LogP contribution is 2.21. The smallest absolute Gasteiger partial charge is 0.232 e. The van der Waals surface area contributed by atoms with E-state index in [4.69, 9.17) is 11.6 Å². The lowest BCUT2D eigenvalue weighted by molar-refractivity contribution is -0.121. The predicted molar refractivity (Wildman–Crippen MR) is 111 cm³/mol. The minimum Gasteiger partial charge on any atom is -0.352 e. The van der Waals surface area contributed by atoms with Crippen LogP contribution in [0.3, 0.4) is 0 Å². The van der Waals surface area contributed by atoms with Crippen molar-refractivity contribution in [1.82, 2.24) is 5.32 Å². The van der Waals surface area contributed by atoms with Crippen LogP contribution in [0.25, 0.3) is 0 Å². The molecule has 0 aliphatic carbocycles. The van der Waals surface area contributed by atoms with E-state index in [1.165, 1.54) is 10.6 Å². The van der Waals surface area contributed by atoms with Gasteiger partial charge in [0.25, 0.3) is 0 Å². The molecule has 0 aromatic heterocycles. The van der Waals surface area contributed by atoms with Gasteiger partial charge in [-0.05, 0) is 61.2 Å². The van der Waals surface area contributed by atoms with Crippen molar-refractivity contribution in [2.24, 2.45) is 0 Å². The number of sulfonamides is 1. The van der Waals surface area contributed by atoms with Crippen LogP contribution in [-0.2, 0) is 21.4 Å². The molecule has 5 nitrogen and oxygen atoms in total.